The van der Waals surface area contributed by atoms with Crippen LogP contribution in [0, 0.1) is 0 Å². The third kappa shape index (κ3) is 3.05. The van der Waals surface area contributed by atoms with Crippen LogP contribution >= 0.6 is 0 Å². The van der Waals surface area contributed by atoms with Crippen molar-refractivity contribution in [3.63, 3.8) is 0 Å². The average Bonchev–Trinajstić information content (AvgIpc) is 2.69. The highest BCUT2D eigenvalue weighted by atomic mass is 19.3. The standard InChI is InChI=1S/C14H15F2N3O3/c1-3-14(2)11(20)19(13(21)18-14)17-8-9-6-4-5-7-10(9)22-12(15)16/h4-8,12H,3H2,1-2H3,(H,18,21)/b17-8+. The zero-order chi connectivity index (χ0) is 16.3. The molecular weight excluding hydrogens is 296 g/mol. The lowest BCUT2D eigenvalue weighted by Crippen LogP contribution is -2.42. The predicted octanol–water partition coefficient (Wildman–Crippen LogP) is 2.34. The van der Waals surface area contributed by atoms with Crippen molar-refractivity contribution < 1.29 is 23.1 Å². The van der Waals surface area contributed by atoms with Crippen LogP contribution in [0.1, 0.15) is 25.8 Å². The van der Waals surface area contributed by atoms with E-state index in [0.717, 1.165) is 6.21 Å². The second-order valence-electron chi connectivity index (χ2n) is 4.89. The number of ether oxygens (including phenoxy) is 1. The van der Waals surface area contributed by atoms with Gasteiger partial charge in [0.25, 0.3) is 5.91 Å². The molecule has 2 rings (SSSR count). The smallest absolute Gasteiger partial charge is 0.387 e. The van der Waals surface area contributed by atoms with Crippen molar-refractivity contribution in [2.24, 2.45) is 5.10 Å². The van der Waals surface area contributed by atoms with Gasteiger partial charge in [-0.15, -0.1) is 5.01 Å². The summed E-state index contributed by atoms with van der Waals surface area (Å²) in [6, 6.07) is 5.30. The molecule has 1 aliphatic rings. The van der Waals surface area contributed by atoms with Gasteiger partial charge in [0, 0.05) is 5.56 Å². The minimum Gasteiger partial charge on any atom is -0.434 e. The molecule has 8 heteroatoms. The number of imide groups is 1. The maximum Gasteiger partial charge on any atom is 0.387 e. The van der Waals surface area contributed by atoms with Crippen LogP contribution in [0.15, 0.2) is 29.4 Å². The fraction of sp³-hybridized carbons (Fsp3) is 0.357. The van der Waals surface area contributed by atoms with E-state index in [2.05, 4.69) is 15.2 Å². The molecule has 1 heterocycles. The fourth-order valence-electron chi connectivity index (χ4n) is 1.92. The normalized spacial score (nSPS) is 21.8. The molecule has 1 N–H and O–H groups in total. The fourth-order valence-corrected chi connectivity index (χ4v) is 1.92. The number of carbonyl (C=O) groups excluding carboxylic acids is 2. The first kappa shape index (κ1) is 15.9. The predicted molar refractivity (Wildman–Crippen MR) is 74.7 cm³/mol. The number of nitrogens with zero attached hydrogens (tertiary/aromatic N) is 2. The van der Waals surface area contributed by atoms with Crippen LogP contribution in [-0.4, -0.2) is 35.3 Å². The molecular formula is C14H15F2N3O3. The summed E-state index contributed by atoms with van der Waals surface area (Å²) < 4.78 is 29.0. The van der Waals surface area contributed by atoms with Gasteiger partial charge in [0.2, 0.25) is 0 Å². The molecule has 1 atom stereocenters. The second-order valence-corrected chi connectivity index (χ2v) is 4.89. The Kier molecular flexibility index (Phi) is 4.39. The molecule has 3 amide bonds. The molecule has 0 aliphatic carbocycles. The molecule has 0 aromatic heterocycles. The number of alkyl halides is 2. The van der Waals surface area contributed by atoms with Crippen LogP contribution in [0.5, 0.6) is 5.75 Å². The van der Waals surface area contributed by atoms with Gasteiger partial charge < -0.3 is 10.1 Å². The van der Waals surface area contributed by atoms with E-state index in [1.165, 1.54) is 18.2 Å². The molecule has 0 spiro atoms. The highest BCUT2D eigenvalue weighted by Crippen LogP contribution is 2.22. The number of benzene rings is 1. The lowest BCUT2D eigenvalue weighted by molar-refractivity contribution is -0.130. The summed E-state index contributed by atoms with van der Waals surface area (Å²) in [5, 5.41) is 7.01. The SMILES string of the molecule is CCC1(C)NC(=O)N(/N=C/c2ccccc2OC(F)F)C1=O. The van der Waals surface area contributed by atoms with Crippen molar-refractivity contribution in [3.05, 3.63) is 29.8 Å². The van der Waals surface area contributed by atoms with Gasteiger partial charge in [-0.05, 0) is 25.5 Å². The van der Waals surface area contributed by atoms with E-state index in [1.807, 2.05) is 0 Å². The molecule has 1 saturated heterocycles. The van der Waals surface area contributed by atoms with Crippen molar-refractivity contribution in [1.82, 2.24) is 10.3 Å². The quantitative estimate of drug-likeness (QED) is 0.670. The number of amides is 3. The Morgan fingerprint density at radius 3 is 2.68 bits per heavy atom. The van der Waals surface area contributed by atoms with Crippen LogP contribution in [0.25, 0.3) is 0 Å². The number of hydrazone groups is 1. The number of hydrogen-bond acceptors (Lipinski definition) is 4. The molecule has 0 bridgehead atoms. The van der Waals surface area contributed by atoms with Gasteiger partial charge in [0.05, 0.1) is 6.21 Å². The molecule has 1 aliphatic heterocycles. The Labute approximate surface area is 125 Å². The zero-order valence-corrected chi connectivity index (χ0v) is 12.0. The highest BCUT2D eigenvalue weighted by molar-refractivity contribution is 6.07. The Morgan fingerprint density at radius 1 is 1.41 bits per heavy atom. The maximum atomic E-state index is 12.3. The van der Waals surface area contributed by atoms with E-state index in [9.17, 15) is 18.4 Å². The van der Waals surface area contributed by atoms with Crippen molar-refractivity contribution in [2.45, 2.75) is 32.4 Å². The minimum atomic E-state index is -2.98. The van der Waals surface area contributed by atoms with Crippen molar-refractivity contribution in [2.75, 3.05) is 0 Å². The van der Waals surface area contributed by atoms with Gasteiger partial charge in [-0.1, -0.05) is 19.1 Å². The number of nitrogens with one attached hydrogen (secondary N) is 1. The van der Waals surface area contributed by atoms with Gasteiger partial charge in [-0.2, -0.15) is 13.9 Å². The van der Waals surface area contributed by atoms with E-state index in [0.29, 0.717) is 11.4 Å². The summed E-state index contributed by atoms with van der Waals surface area (Å²) in [5.74, 6) is -0.588. The molecule has 0 radical (unpaired) electrons. The Balaban J connectivity index is 2.23. The van der Waals surface area contributed by atoms with Gasteiger partial charge in [0.1, 0.15) is 11.3 Å². The monoisotopic (exact) mass is 311 g/mol. The Morgan fingerprint density at radius 2 is 2.09 bits per heavy atom. The third-order valence-electron chi connectivity index (χ3n) is 3.39. The summed E-state index contributed by atoms with van der Waals surface area (Å²) in [7, 11) is 0. The maximum absolute atomic E-state index is 12.3. The lowest BCUT2D eigenvalue weighted by Gasteiger charge is -2.17. The Hall–Kier alpha value is -2.51. The minimum absolute atomic E-state index is 0.0912. The summed E-state index contributed by atoms with van der Waals surface area (Å²) >= 11 is 0. The van der Waals surface area contributed by atoms with Crippen molar-refractivity contribution in [3.8, 4) is 5.75 Å². The van der Waals surface area contributed by atoms with Crippen molar-refractivity contribution >= 4 is 18.2 Å². The van der Waals surface area contributed by atoms with Gasteiger partial charge in [-0.3, -0.25) is 4.79 Å². The number of para-hydroxylation sites is 1. The third-order valence-corrected chi connectivity index (χ3v) is 3.39. The van der Waals surface area contributed by atoms with Gasteiger partial charge >= 0.3 is 12.6 Å². The molecule has 118 valence electrons. The molecule has 1 fully saturated rings. The second kappa shape index (κ2) is 6.08. The first-order valence-electron chi connectivity index (χ1n) is 6.62. The molecule has 6 nitrogen and oxygen atoms in total. The number of urea groups is 1. The van der Waals surface area contributed by atoms with E-state index in [1.54, 1.807) is 19.9 Å². The van der Waals surface area contributed by atoms with Gasteiger partial charge in [-0.25, -0.2) is 4.79 Å². The van der Waals surface area contributed by atoms with Crippen molar-refractivity contribution in [1.29, 1.82) is 0 Å². The first-order valence-corrected chi connectivity index (χ1v) is 6.62. The molecule has 0 saturated carbocycles. The van der Waals surface area contributed by atoms with Gasteiger partial charge in [0.15, 0.2) is 0 Å². The van der Waals surface area contributed by atoms with Crippen LogP contribution in [0.4, 0.5) is 13.6 Å². The molecule has 22 heavy (non-hydrogen) atoms. The topological polar surface area (TPSA) is 71.0 Å². The summed E-state index contributed by atoms with van der Waals surface area (Å²) in [6.07, 6.45) is 1.55. The number of hydrogen-bond donors (Lipinski definition) is 1. The largest absolute Gasteiger partial charge is 0.434 e. The number of carbonyl (C=O) groups is 2. The summed E-state index contributed by atoms with van der Waals surface area (Å²) in [4.78, 5) is 23.9. The van der Waals surface area contributed by atoms with E-state index in [-0.39, 0.29) is 11.3 Å². The van der Waals surface area contributed by atoms with E-state index in [4.69, 9.17) is 0 Å². The highest BCUT2D eigenvalue weighted by Gasteiger charge is 2.46. The Bertz CT molecular complexity index is 621. The summed E-state index contributed by atoms with van der Waals surface area (Å²) in [5.41, 5.74) is -0.776. The molecule has 1 aromatic rings. The van der Waals surface area contributed by atoms with E-state index >= 15 is 0 Å². The average molecular weight is 311 g/mol. The molecule has 1 unspecified atom stereocenters. The van der Waals surface area contributed by atoms with Crippen LogP contribution in [-0.2, 0) is 4.79 Å². The lowest BCUT2D eigenvalue weighted by atomic mass is 10.00. The van der Waals surface area contributed by atoms with Crippen LogP contribution in [0.3, 0.4) is 0 Å². The van der Waals surface area contributed by atoms with E-state index < -0.39 is 24.1 Å². The van der Waals surface area contributed by atoms with Crippen LogP contribution < -0.4 is 10.1 Å². The number of rotatable bonds is 5. The first-order chi connectivity index (χ1) is 10.4. The van der Waals surface area contributed by atoms with Crippen LogP contribution in [0.2, 0.25) is 0 Å². The summed E-state index contributed by atoms with van der Waals surface area (Å²) in [6.45, 7) is 0.378. The zero-order valence-electron chi connectivity index (χ0n) is 12.0. The number of halogens is 2. The molecule has 1 aromatic carbocycles.